The lowest BCUT2D eigenvalue weighted by molar-refractivity contribution is -0.140. The monoisotopic (exact) mass is 397 g/mol. The molecule has 0 radical (unpaired) electrons. The zero-order valence-electron chi connectivity index (χ0n) is 12.4. The number of halogens is 2. The summed E-state index contributed by atoms with van der Waals surface area (Å²) in [5, 5.41) is 9.02. The molecule has 25 heavy (non-hydrogen) atoms. The van der Waals surface area contributed by atoms with Gasteiger partial charge in [0, 0.05) is 16.7 Å². The fraction of sp³-hybridized carbons (Fsp3) is 0.0625. The van der Waals surface area contributed by atoms with E-state index in [0.717, 1.165) is 0 Å². The van der Waals surface area contributed by atoms with Gasteiger partial charge >= 0.3 is 5.97 Å². The van der Waals surface area contributed by atoms with Crippen molar-refractivity contribution < 1.29 is 23.9 Å². The highest BCUT2D eigenvalue weighted by molar-refractivity contribution is 8.18. The largest absolute Gasteiger partial charge is 0.480 e. The molecule has 9 heteroatoms. The van der Waals surface area contributed by atoms with E-state index in [1.54, 1.807) is 30.3 Å². The second kappa shape index (κ2) is 6.95. The molecular formula is C16H9Cl2NO5S. The van der Waals surface area contributed by atoms with Gasteiger partial charge in [-0.25, -0.2) is 0 Å². The van der Waals surface area contributed by atoms with Crippen LogP contribution in [0.1, 0.15) is 5.76 Å². The maximum Gasteiger partial charge on any atom is 0.323 e. The van der Waals surface area contributed by atoms with Gasteiger partial charge in [0.1, 0.15) is 18.1 Å². The molecule has 1 saturated heterocycles. The number of carboxylic acids is 1. The molecule has 1 fully saturated rings. The van der Waals surface area contributed by atoms with E-state index in [2.05, 4.69) is 0 Å². The van der Waals surface area contributed by atoms with Crippen molar-refractivity contribution in [1.82, 2.24) is 4.90 Å². The summed E-state index contributed by atoms with van der Waals surface area (Å²) in [5.41, 5.74) is 0.629. The minimum atomic E-state index is -1.26. The lowest BCUT2D eigenvalue weighted by atomic mass is 10.2. The summed E-state index contributed by atoms with van der Waals surface area (Å²) in [4.78, 5) is 35.3. The van der Waals surface area contributed by atoms with Crippen LogP contribution in [0.2, 0.25) is 10.0 Å². The Morgan fingerprint density at radius 3 is 2.68 bits per heavy atom. The highest BCUT2D eigenvalue weighted by Crippen LogP contribution is 2.35. The van der Waals surface area contributed by atoms with Crippen LogP contribution in [-0.4, -0.2) is 33.7 Å². The van der Waals surface area contributed by atoms with Crippen LogP contribution in [-0.2, 0) is 9.59 Å². The summed E-state index contributed by atoms with van der Waals surface area (Å²) in [7, 11) is 0. The second-order valence-electron chi connectivity index (χ2n) is 4.99. The standard InChI is InChI=1S/C16H9Cl2NO5S/c17-8-1-3-10(11(18)5-8)12-4-2-9(24-12)6-13-15(22)19(7-14(20)21)16(23)25-13/h1-6H,7H2,(H,20,21)/b13-6-. The quantitative estimate of drug-likeness (QED) is 0.770. The first-order valence-corrected chi connectivity index (χ1v) is 8.45. The predicted octanol–water partition coefficient (Wildman–Crippen LogP) is 4.37. The Morgan fingerprint density at radius 1 is 1.24 bits per heavy atom. The predicted molar refractivity (Wildman–Crippen MR) is 94.5 cm³/mol. The molecule has 1 aromatic heterocycles. The summed E-state index contributed by atoms with van der Waals surface area (Å²) < 4.78 is 5.64. The van der Waals surface area contributed by atoms with Crippen molar-refractivity contribution in [3.8, 4) is 11.3 Å². The number of carboxylic acid groups (broad SMARTS) is 1. The highest BCUT2D eigenvalue weighted by Gasteiger charge is 2.36. The van der Waals surface area contributed by atoms with Crippen LogP contribution in [0.4, 0.5) is 4.79 Å². The van der Waals surface area contributed by atoms with Crippen molar-refractivity contribution in [2.45, 2.75) is 0 Å². The number of furan rings is 1. The van der Waals surface area contributed by atoms with E-state index in [0.29, 0.717) is 43.8 Å². The zero-order valence-corrected chi connectivity index (χ0v) is 14.7. The lowest BCUT2D eigenvalue weighted by Gasteiger charge is -2.07. The van der Waals surface area contributed by atoms with Gasteiger partial charge in [0.25, 0.3) is 11.1 Å². The maximum absolute atomic E-state index is 12.1. The van der Waals surface area contributed by atoms with Crippen LogP contribution in [0.5, 0.6) is 0 Å². The molecule has 0 atom stereocenters. The summed E-state index contributed by atoms with van der Waals surface area (Å²) in [5.74, 6) is -1.12. The first-order valence-electron chi connectivity index (χ1n) is 6.87. The minimum Gasteiger partial charge on any atom is -0.480 e. The molecule has 1 aliphatic rings. The third-order valence-corrected chi connectivity index (χ3v) is 4.72. The Kier molecular flexibility index (Phi) is 4.89. The van der Waals surface area contributed by atoms with Crippen molar-refractivity contribution in [1.29, 1.82) is 0 Å². The van der Waals surface area contributed by atoms with E-state index < -0.39 is 23.7 Å². The normalized spacial score (nSPS) is 16.1. The molecule has 0 saturated carbocycles. The topological polar surface area (TPSA) is 87.8 Å². The Morgan fingerprint density at radius 2 is 2.00 bits per heavy atom. The van der Waals surface area contributed by atoms with Gasteiger partial charge in [-0.05, 0) is 42.1 Å². The molecule has 1 aliphatic heterocycles. The van der Waals surface area contributed by atoms with Crippen molar-refractivity contribution in [3.05, 3.63) is 51.0 Å². The first kappa shape index (κ1) is 17.6. The molecule has 0 spiro atoms. The van der Waals surface area contributed by atoms with Crippen LogP contribution in [0, 0.1) is 0 Å². The molecule has 0 unspecified atom stereocenters. The fourth-order valence-corrected chi connectivity index (χ4v) is 3.49. The van der Waals surface area contributed by atoms with E-state index in [4.69, 9.17) is 32.7 Å². The number of thioether (sulfide) groups is 1. The van der Waals surface area contributed by atoms with Crippen LogP contribution in [0.15, 0.2) is 39.7 Å². The molecule has 1 aromatic carbocycles. The molecule has 128 valence electrons. The Hall–Kier alpha value is -2.22. The van der Waals surface area contributed by atoms with Crippen molar-refractivity contribution >= 4 is 58.2 Å². The van der Waals surface area contributed by atoms with Crippen LogP contribution in [0.25, 0.3) is 17.4 Å². The summed E-state index contributed by atoms with van der Waals surface area (Å²) in [6.45, 7) is -0.675. The molecule has 0 bridgehead atoms. The Labute approximate surface area is 156 Å². The molecule has 2 heterocycles. The average Bonchev–Trinajstić information content (AvgIpc) is 3.08. The summed E-state index contributed by atoms with van der Waals surface area (Å²) >= 11 is 12.6. The minimum absolute atomic E-state index is 0.0920. The third kappa shape index (κ3) is 3.73. The van der Waals surface area contributed by atoms with E-state index in [-0.39, 0.29) is 4.91 Å². The highest BCUT2D eigenvalue weighted by atomic mass is 35.5. The van der Waals surface area contributed by atoms with Crippen LogP contribution >= 0.6 is 35.0 Å². The number of carbonyl (C=O) groups is 3. The number of rotatable bonds is 4. The van der Waals surface area contributed by atoms with Crippen molar-refractivity contribution in [2.24, 2.45) is 0 Å². The summed E-state index contributed by atoms with van der Waals surface area (Å²) in [6, 6.07) is 8.24. The number of hydrogen-bond donors (Lipinski definition) is 1. The van der Waals surface area contributed by atoms with Gasteiger partial charge in [0.05, 0.1) is 9.93 Å². The number of imide groups is 1. The van der Waals surface area contributed by atoms with Crippen molar-refractivity contribution in [2.75, 3.05) is 6.54 Å². The number of amides is 2. The van der Waals surface area contributed by atoms with E-state index in [1.165, 1.54) is 6.08 Å². The SMILES string of the molecule is O=C(O)CN1C(=O)S/C(=C\c2ccc(-c3ccc(Cl)cc3Cl)o2)C1=O. The van der Waals surface area contributed by atoms with E-state index >= 15 is 0 Å². The smallest absolute Gasteiger partial charge is 0.323 e. The lowest BCUT2D eigenvalue weighted by Crippen LogP contribution is -2.33. The maximum atomic E-state index is 12.1. The molecule has 6 nitrogen and oxygen atoms in total. The molecule has 0 aliphatic carbocycles. The molecular weight excluding hydrogens is 389 g/mol. The number of carbonyl (C=O) groups excluding carboxylic acids is 2. The Bertz CT molecular complexity index is 921. The van der Waals surface area contributed by atoms with Gasteiger partial charge in [-0.3, -0.25) is 19.3 Å². The zero-order chi connectivity index (χ0) is 18.1. The molecule has 3 rings (SSSR count). The van der Waals surface area contributed by atoms with Crippen LogP contribution < -0.4 is 0 Å². The Balaban J connectivity index is 1.86. The third-order valence-electron chi connectivity index (χ3n) is 3.26. The van der Waals surface area contributed by atoms with Gasteiger partial charge in [-0.2, -0.15) is 0 Å². The number of aliphatic carboxylic acids is 1. The molecule has 2 amide bonds. The van der Waals surface area contributed by atoms with Crippen LogP contribution in [0.3, 0.4) is 0 Å². The first-order chi connectivity index (χ1) is 11.8. The van der Waals surface area contributed by atoms with Gasteiger partial charge in [0.2, 0.25) is 0 Å². The van der Waals surface area contributed by atoms with E-state index in [9.17, 15) is 14.4 Å². The van der Waals surface area contributed by atoms with Gasteiger partial charge in [-0.1, -0.05) is 23.2 Å². The van der Waals surface area contributed by atoms with Gasteiger partial charge in [0.15, 0.2) is 0 Å². The molecule has 2 aromatic rings. The average molecular weight is 398 g/mol. The number of hydrogen-bond acceptors (Lipinski definition) is 5. The second-order valence-corrected chi connectivity index (χ2v) is 6.82. The van der Waals surface area contributed by atoms with Gasteiger partial charge in [-0.15, -0.1) is 0 Å². The fourth-order valence-electron chi connectivity index (χ4n) is 2.17. The van der Waals surface area contributed by atoms with E-state index in [1.807, 2.05) is 0 Å². The van der Waals surface area contributed by atoms with Gasteiger partial charge < -0.3 is 9.52 Å². The number of nitrogens with zero attached hydrogens (tertiary/aromatic N) is 1. The number of benzene rings is 1. The van der Waals surface area contributed by atoms with Crippen molar-refractivity contribution in [3.63, 3.8) is 0 Å². The molecule has 1 N–H and O–H groups in total. The summed E-state index contributed by atoms with van der Waals surface area (Å²) in [6.07, 6.45) is 1.39.